The second-order valence-corrected chi connectivity index (χ2v) is 2.06. The van der Waals surface area contributed by atoms with Crippen molar-refractivity contribution in [3.8, 4) is 0 Å². The average molecular weight is 152 g/mol. The maximum absolute atomic E-state index is 9.73. The monoisotopic (exact) mass is 152 g/mol. The molecule has 0 spiro atoms. The van der Waals surface area contributed by atoms with Gasteiger partial charge >= 0.3 is 5.97 Å². The summed E-state index contributed by atoms with van der Waals surface area (Å²) >= 11 is 0.801. The van der Waals surface area contributed by atoms with Crippen molar-refractivity contribution in [3.63, 3.8) is 0 Å². The van der Waals surface area contributed by atoms with Crippen LogP contribution in [0.1, 0.15) is 0 Å². The first-order valence-corrected chi connectivity index (χ1v) is 2.80. The highest BCUT2D eigenvalue weighted by atomic mass is 32.2. The number of thioether (sulfide) groups is 1. The van der Waals surface area contributed by atoms with Gasteiger partial charge in [0.1, 0.15) is 0 Å². The van der Waals surface area contributed by atoms with Crippen molar-refractivity contribution in [2.45, 2.75) is 0 Å². The van der Waals surface area contributed by atoms with E-state index in [0.29, 0.717) is 0 Å². The van der Waals surface area contributed by atoms with Crippen LogP contribution >= 0.6 is 11.8 Å². The number of nitrogens with one attached hydrogen (secondary N) is 1. The third-order valence-corrected chi connectivity index (χ3v) is 1.05. The lowest BCUT2D eigenvalue weighted by atomic mass is 10.8. The molecule has 5 nitrogen and oxygen atoms in total. The van der Waals surface area contributed by atoms with Crippen molar-refractivity contribution in [2.75, 3.05) is 5.75 Å². The molecular weight excluding hydrogens is 144 g/mol. The van der Waals surface area contributed by atoms with Gasteiger partial charge in [0.2, 0.25) is 0 Å². The number of aliphatic carboxylic acids is 1. The summed E-state index contributed by atoms with van der Waals surface area (Å²) < 4.78 is 0. The molecule has 0 aliphatic carbocycles. The molecule has 54 valence electrons. The number of rotatable bonds is 2. The van der Waals surface area contributed by atoms with E-state index in [2.05, 4.69) is 0 Å². The second-order valence-electron chi connectivity index (χ2n) is 1.05. The van der Waals surface area contributed by atoms with E-state index in [9.17, 15) is 4.79 Å². The largest absolute Gasteiger partial charge is 0.481 e. The molecule has 6 heteroatoms. The summed E-state index contributed by atoms with van der Waals surface area (Å²) in [7, 11) is 0. The van der Waals surface area contributed by atoms with Crippen LogP contribution in [0.15, 0.2) is 0 Å². The standard InChI is InChI=1S/C3H6N2O2S.H2O/c4-3(5)8-1-2(6)7;/h1H2,(H3,4,5)(H,6,7);1H2. The van der Waals surface area contributed by atoms with Crippen LogP contribution in [-0.4, -0.2) is 27.5 Å². The van der Waals surface area contributed by atoms with Gasteiger partial charge in [-0.3, -0.25) is 10.2 Å². The Bertz CT molecular complexity index is 102. The molecule has 0 aliphatic heterocycles. The Morgan fingerprint density at radius 2 is 2.22 bits per heavy atom. The first-order valence-electron chi connectivity index (χ1n) is 1.81. The van der Waals surface area contributed by atoms with Crippen LogP contribution in [0.5, 0.6) is 0 Å². The number of carboxylic acid groups (broad SMARTS) is 1. The van der Waals surface area contributed by atoms with Crippen molar-refractivity contribution < 1.29 is 15.4 Å². The minimum atomic E-state index is -0.954. The Morgan fingerprint density at radius 1 is 1.78 bits per heavy atom. The van der Waals surface area contributed by atoms with Gasteiger partial charge < -0.3 is 16.3 Å². The highest BCUT2D eigenvalue weighted by Crippen LogP contribution is 1.94. The maximum Gasteiger partial charge on any atom is 0.313 e. The number of amidine groups is 1. The molecular formula is C3H8N2O3S. The fraction of sp³-hybridized carbons (Fsp3) is 0.333. The van der Waals surface area contributed by atoms with Gasteiger partial charge in [0.15, 0.2) is 5.17 Å². The van der Waals surface area contributed by atoms with Gasteiger partial charge in [-0.2, -0.15) is 0 Å². The summed E-state index contributed by atoms with van der Waals surface area (Å²) in [6, 6.07) is 0. The third kappa shape index (κ3) is 11.1. The zero-order chi connectivity index (χ0) is 6.57. The van der Waals surface area contributed by atoms with E-state index in [1.54, 1.807) is 0 Å². The summed E-state index contributed by atoms with van der Waals surface area (Å²) in [5.41, 5.74) is 4.82. The van der Waals surface area contributed by atoms with Crippen molar-refractivity contribution in [2.24, 2.45) is 5.73 Å². The highest BCUT2D eigenvalue weighted by Gasteiger charge is 1.96. The molecule has 0 saturated heterocycles. The van der Waals surface area contributed by atoms with Gasteiger partial charge in [-0.25, -0.2) is 0 Å². The minimum absolute atomic E-state index is 0. The molecule has 0 aromatic rings. The first-order chi connectivity index (χ1) is 3.63. The molecule has 0 aromatic carbocycles. The van der Waals surface area contributed by atoms with Crippen LogP contribution in [0.2, 0.25) is 0 Å². The Hall–Kier alpha value is -0.750. The van der Waals surface area contributed by atoms with Crippen LogP contribution in [0.25, 0.3) is 0 Å². The molecule has 0 unspecified atom stereocenters. The lowest BCUT2D eigenvalue weighted by molar-refractivity contribution is -0.133. The maximum atomic E-state index is 9.73. The predicted octanol–water partition coefficient (Wildman–Crippen LogP) is -1.13. The Kier molecular flexibility index (Phi) is 6.65. The first kappa shape index (κ1) is 11.1. The van der Waals surface area contributed by atoms with Crippen molar-refractivity contribution in [1.29, 1.82) is 5.41 Å². The quantitative estimate of drug-likeness (QED) is 0.342. The number of hydrogen-bond donors (Lipinski definition) is 3. The van der Waals surface area contributed by atoms with Crippen LogP contribution < -0.4 is 5.73 Å². The molecule has 0 amide bonds. The number of carboxylic acids is 1. The Morgan fingerprint density at radius 3 is 2.33 bits per heavy atom. The van der Waals surface area contributed by atoms with E-state index < -0.39 is 5.97 Å². The lowest BCUT2D eigenvalue weighted by Gasteiger charge is -1.89. The average Bonchev–Trinajstić information content (AvgIpc) is 1.61. The van der Waals surface area contributed by atoms with Crippen molar-refractivity contribution in [3.05, 3.63) is 0 Å². The van der Waals surface area contributed by atoms with E-state index >= 15 is 0 Å². The lowest BCUT2D eigenvalue weighted by Crippen LogP contribution is -2.08. The highest BCUT2D eigenvalue weighted by molar-refractivity contribution is 8.14. The van der Waals surface area contributed by atoms with E-state index in [4.69, 9.17) is 16.2 Å². The molecule has 0 radical (unpaired) electrons. The molecule has 6 N–H and O–H groups in total. The molecule has 0 fully saturated rings. The van der Waals surface area contributed by atoms with E-state index in [1.165, 1.54) is 0 Å². The van der Waals surface area contributed by atoms with E-state index in [0.717, 1.165) is 11.8 Å². The Balaban J connectivity index is 0. The van der Waals surface area contributed by atoms with Gasteiger partial charge in [-0.05, 0) is 0 Å². The van der Waals surface area contributed by atoms with Crippen molar-refractivity contribution in [1.82, 2.24) is 0 Å². The van der Waals surface area contributed by atoms with Crippen LogP contribution in [0, 0.1) is 5.41 Å². The number of hydrogen-bond acceptors (Lipinski definition) is 3. The zero-order valence-corrected chi connectivity index (χ0v) is 5.36. The fourth-order valence-corrected chi connectivity index (χ4v) is 0.418. The molecule has 0 bridgehead atoms. The fourth-order valence-electron chi connectivity index (χ4n) is 0.139. The third-order valence-electron chi connectivity index (χ3n) is 0.351. The van der Waals surface area contributed by atoms with Crippen LogP contribution in [0.4, 0.5) is 0 Å². The van der Waals surface area contributed by atoms with Gasteiger partial charge in [0.25, 0.3) is 0 Å². The second kappa shape index (κ2) is 5.39. The van der Waals surface area contributed by atoms with E-state index in [1.807, 2.05) is 0 Å². The van der Waals surface area contributed by atoms with Crippen molar-refractivity contribution >= 4 is 22.9 Å². The molecule has 0 atom stereocenters. The topological polar surface area (TPSA) is 119 Å². The molecule has 0 saturated carbocycles. The molecule has 0 heterocycles. The van der Waals surface area contributed by atoms with E-state index in [-0.39, 0.29) is 16.4 Å². The summed E-state index contributed by atoms with van der Waals surface area (Å²) in [5.74, 6) is -1.08. The summed E-state index contributed by atoms with van der Waals surface area (Å²) in [4.78, 5) is 9.73. The normalized spacial score (nSPS) is 7.56. The minimum Gasteiger partial charge on any atom is -0.481 e. The number of carbonyl (C=O) groups is 1. The summed E-state index contributed by atoms with van der Waals surface area (Å²) in [5, 5.41) is 14.4. The SMILES string of the molecule is N=C(N)SCC(=O)O.O. The number of nitrogens with two attached hydrogens (primary N) is 1. The zero-order valence-electron chi connectivity index (χ0n) is 4.55. The molecule has 0 rings (SSSR count). The van der Waals surface area contributed by atoms with Gasteiger partial charge in [0.05, 0.1) is 5.75 Å². The summed E-state index contributed by atoms with van der Waals surface area (Å²) in [6.07, 6.45) is 0. The molecule has 9 heavy (non-hydrogen) atoms. The Labute approximate surface area is 56.1 Å². The van der Waals surface area contributed by atoms with Gasteiger partial charge in [-0.1, -0.05) is 11.8 Å². The summed E-state index contributed by atoms with van der Waals surface area (Å²) in [6.45, 7) is 0. The van der Waals surface area contributed by atoms with Gasteiger partial charge in [-0.15, -0.1) is 0 Å². The molecule has 0 aromatic heterocycles. The molecule has 0 aliphatic rings. The van der Waals surface area contributed by atoms with Crippen LogP contribution in [0.3, 0.4) is 0 Å². The smallest absolute Gasteiger partial charge is 0.313 e. The van der Waals surface area contributed by atoms with Crippen LogP contribution in [-0.2, 0) is 4.79 Å². The van der Waals surface area contributed by atoms with Gasteiger partial charge in [0, 0.05) is 0 Å². The predicted molar refractivity (Wildman–Crippen MR) is 35.6 cm³/mol.